The molecule has 0 radical (unpaired) electrons. The van der Waals surface area contributed by atoms with Crippen molar-refractivity contribution >= 4 is 5.97 Å². The third kappa shape index (κ3) is 9.05. The highest BCUT2D eigenvalue weighted by molar-refractivity contribution is 5.70. The van der Waals surface area contributed by atoms with Crippen LogP contribution in [0.5, 0.6) is 0 Å². The summed E-state index contributed by atoms with van der Waals surface area (Å²) in [5.41, 5.74) is -0.0713. The van der Waals surface area contributed by atoms with Crippen LogP contribution < -0.4 is 0 Å². The molecule has 0 aromatic rings. The number of carbonyl (C=O) groups is 1. The van der Waals surface area contributed by atoms with Gasteiger partial charge in [-0.25, -0.2) is 0 Å². The van der Waals surface area contributed by atoms with Crippen LogP contribution in [0.1, 0.15) is 80.6 Å². The zero-order valence-electron chi connectivity index (χ0n) is 24.3. The van der Waals surface area contributed by atoms with E-state index in [-0.39, 0.29) is 30.3 Å². The second kappa shape index (κ2) is 14.1. The van der Waals surface area contributed by atoms with E-state index in [1.807, 2.05) is 58.1 Å². The Morgan fingerprint density at radius 3 is 2.57 bits per heavy atom. The van der Waals surface area contributed by atoms with E-state index < -0.39 is 29.9 Å². The van der Waals surface area contributed by atoms with E-state index in [0.717, 1.165) is 18.4 Å². The second-order valence-corrected chi connectivity index (χ2v) is 11.9. The molecule has 3 N–H and O–H groups in total. The molecule has 0 bridgehead atoms. The van der Waals surface area contributed by atoms with E-state index in [2.05, 4.69) is 13.8 Å². The molecule has 1 aliphatic carbocycles. The van der Waals surface area contributed by atoms with E-state index >= 15 is 0 Å². The number of carbonyl (C=O) groups excluding carboxylic acids is 1. The van der Waals surface area contributed by atoms with Crippen molar-refractivity contribution in [3.8, 4) is 0 Å². The van der Waals surface area contributed by atoms with Crippen molar-refractivity contribution in [1.29, 1.82) is 0 Å². The average molecular weight is 521 g/mol. The fourth-order valence-electron chi connectivity index (χ4n) is 5.68. The normalized spacial score (nSPS) is 38.1. The highest BCUT2D eigenvalue weighted by atomic mass is 16.5. The number of aliphatic hydroxyl groups excluding tert-OH is 2. The molecule has 6 heteroatoms. The monoisotopic (exact) mass is 520 g/mol. The number of cyclic esters (lactones) is 1. The lowest BCUT2D eigenvalue weighted by Gasteiger charge is -2.31. The Morgan fingerprint density at radius 2 is 1.95 bits per heavy atom. The number of aliphatic hydroxyl groups is 3. The van der Waals surface area contributed by atoms with Crippen molar-refractivity contribution in [2.45, 2.75) is 111 Å². The van der Waals surface area contributed by atoms with Crippen LogP contribution >= 0.6 is 0 Å². The third-order valence-corrected chi connectivity index (χ3v) is 8.86. The maximum absolute atomic E-state index is 12.6. The van der Waals surface area contributed by atoms with Crippen LogP contribution in [0.2, 0.25) is 0 Å². The predicted molar refractivity (Wildman–Crippen MR) is 148 cm³/mol. The molecule has 0 amide bonds. The molecule has 37 heavy (non-hydrogen) atoms. The van der Waals surface area contributed by atoms with Gasteiger partial charge < -0.3 is 24.8 Å². The van der Waals surface area contributed by atoms with E-state index in [4.69, 9.17) is 9.47 Å². The standard InChI is InChI=1S/C31H52O6/c1-9-27(36-8)23(6)25-18-26(25)29(34)19(2)11-10-12-20(3)30-21(4)13-14-22(5)31(7,35)16-15-24(32)17-28(33)37-30/h10-14,19,21-27,29-30,32,34-35H,9,15-18H2,1-8H3/b11-10+,14-13+,20-12+/t19-,21-,22-,23-,24+,25+,26-,27-,29+,30+,31+/m0/s1. The molecular weight excluding hydrogens is 468 g/mol. The molecule has 0 spiro atoms. The summed E-state index contributed by atoms with van der Waals surface area (Å²) < 4.78 is 11.4. The van der Waals surface area contributed by atoms with Gasteiger partial charge in [-0.15, -0.1) is 0 Å². The van der Waals surface area contributed by atoms with E-state index in [1.54, 1.807) is 14.0 Å². The Kier molecular flexibility index (Phi) is 12.1. The SMILES string of the molecule is CC[C@H](OC)[C@@H](C)[C@H]1C[C@@H]1[C@H](O)[C@@H](C)/C=C/C=C(\C)[C@H]1OC(=O)C[C@H](O)CC[C@@](C)(O)[C@@H](C)/C=C/[C@@H]1C. The summed E-state index contributed by atoms with van der Waals surface area (Å²) in [6, 6.07) is 0. The number of methoxy groups -OCH3 is 1. The lowest BCUT2D eigenvalue weighted by molar-refractivity contribution is -0.151. The molecule has 1 heterocycles. The van der Waals surface area contributed by atoms with Crippen LogP contribution in [0.3, 0.4) is 0 Å². The number of hydrogen-bond acceptors (Lipinski definition) is 6. The van der Waals surface area contributed by atoms with Gasteiger partial charge in [-0.05, 0) is 62.9 Å². The van der Waals surface area contributed by atoms with Crippen molar-refractivity contribution in [1.82, 2.24) is 0 Å². The summed E-state index contributed by atoms with van der Waals surface area (Å²) in [4.78, 5) is 12.6. The minimum Gasteiger partial charge on any atom is -0.457 e. The summed E-state index contributed by atoms with van der Waals surface area (Å²) in [7, 11) is 1.76. The molecule has 212 valence electrons. The maximum atomic E-state index is 12.6. The molecule has 0 aromatic carbocycles. The quantitative estimate of drug-likeness (QED) is 0.219. The van der Waals surface area contributed by atoms with Gasteiger partial charge in [-0.3, -0.25) is 4.79 Å². The fourth-order valence-corrected chi connectivity index (χ4v) is 5.68. The van der Waals surface area contributed by atoms with Crippen LogP contribution in [0.15, 0.2) is 36.0 Å². The Hall–Kier alpha value is -1.47. The van der Waals surface area contributed by atoms with Gasteiger partial charge in [0.15, 0.2) is 0 Å². The number of rotatable bonds is 9. The molecule has 1 saturated carbocycles. The van der Waals surface area contributed by atoms with Gasteiger partial charge in [0.2, 0.25) is 0 Å². The lowest BCUT2D eigenvalue weighted by Crippen LogP contribution is -2.34. The van der Waals surface area contributed by atoms with Crippen LogP contribution in [0.25, 0.3) is 0 Å². The van der Waals surface area contributed by atoms with Crippen molar-refractivity contribution < 1.29 is 29.6 Å². The van der Waals surface area contributed by atoms with Crippen molar-refractivity contribution in [2.24, 2.45) is 35.5 Å². The molecule has 1 fully saturated rings. The Morgan fingerprint density at radius 1 is 1.27 bits per heavy atom. The molecule has 2 aliphatic rings. The summed E-state index contributed by atoms with van der Waals surface area (Å²) >= 11 is 0. The molecule has 11 atom stereocenters. The first-order valence-electron chi connectivity index (χ1n) is 14.2. The fraction of sp³-hybridized carbons (Fsp3) is 0.774. The highest BCUT2D eigenvalue weighted by Gasteiger charge is 2.48. The smallest absolute Gasteiger partial charge is 0.309 e. The number of ether oxygens (including phenoxy) is 2. The largest absolute Gasteiger partial charge is 0.457 e. The average Bonchev–Trinajstić information content (AvgIpc) is 3.64. The van der Waals surface area contributed by atoms with Crippen LogP contribution in [-0.4, -0.2) is 58.4 Å². The molecule has 2 rings (SSSR count). The predicted octanol–water partition coefficient (Wildman–Crippen LogP) is 5.22. The molecule has 0 saturated heterocycles. The third-order valence-electron chi connectivity index (χ3n) is 8.86. The Balaban J connectivity index is 2.09. The Bertz CT molecular complexity index is 811. The van der Waals surface area contributed by atoms with Crippen molar-refractivity contribution in [3.63, 3.8) is 0 Å². The summed E-state index contributed by atoms with van der Waals surface area (Å²) in [5.74, 6) is 0.581. The minimum absolute atomic E-state index is 0.00303. The van der Waals surface area contributed by atoms with Gasteiger partial charge in [0.1, 0.15) is 6.10 Å². The number of esters is 1. The van der Waals surface area contributed by atoms with Gasteiger partial charge in [0, 0.05) is 24.9 Å². The topological polar surface area (TPSA) is 96.2 Å². The molecular formula is C31H52O6. The zero-order chi connectivity index (χ0) is 27.9. The first-order valence-corrected chi connectivity index (χ1v) is 14.2. The van der Waals surface area contributed by atoms with Crippen molar-refractivity contribution in [2.75, 3.05) is 7.11 Å². The number of allylic oxidation sites excluding steroid dienone is 2. The van der Waals surface area contributed by atoms with Crippen molar-refractivity contribution in [3.05, 3.63) is 36.0 Å². The van der Waals surface area contributed by atoms with Gasteiger partial charge in [0.05, 0.1) is 30.3 Å². The Labute approximate surface area is 224 Å². The van der Waals surface area contributed by atoms with Crippen LogP contribution in [0.4, 0.5) is 0 Å². The van der Waals surface area contributed by atoms with E-state index in [0.29, 0.717) is 30.6 Å². The summed E-state index contributed by atoms with van der Waals surface area (Å²) in [6.07, 6.45) is 11.1. The van der Waals surface area contributed by atoms with E-state index in [1.165, 1.54) is 0 Å². The first kappa shape index (κ1) is 31.7. The van der Waals surface area contributed by atoms with Gasteiger partial charge in [0.25, 0.3) is 0 Å². The highest BCUT2D eigenvalue weighted by Crippen LogP contribution is 2.49. The molecule has 6 nitrogen and oxygen atoms in total. The van der Waals surface area contributed by atoms with Gasteiger partial charge >= 0.3 is 5.97 Å². The lowest BCUT2D eigenvalue weighted by atomic mass is 9.84. The van der Waals surface area contributed by atoms with E-state index in [9.17, 15) is 20.1 Å². The molecule has 0 unspecified atom stereocenters. The minimum atomic E-state index is -0.959. The number of hydrogen-bond donors (Lipinski definition) is 3. The van der Waals surface area contributed by atoms with Gasteiger partial charge in [-0.2, -0.15) is 0 Å². The molecule has 0 aromatic heterocycles. The van der Waals surface area contributed by atoms with Crippen LogP contribution in [-0.2, 0) is 14.3 Å². The maximum Gasteiger partial charge on any atom is 0.309 e. The second-order valence-electron chi connectivity index (χ2n) is 11.9. The zero-order valence-corrected chi connectivity index (χ0v) is 24.3. The molecule has 1 aliphatic heterocycles. The first-order chi connectivity index (χ1) is 17.3. The van der Waals surface area contributed by atoms with Crippen LogP contribution in [0, 0.1) is 35.5 Å². The summed E-state index contributed by atoms with van der Waals surface area (Å²) in [5, 5.41) is 32.0. The summed E-state index contributed by atoms with van der Waals surface area (Å²) in [6.45, 7) is 14.1. The van der Waals surface area contributed by atoms with Gasteiger partial charge in [-0.1, -0.05) is 65.0 Å².